The maximum Gasteiger partial charge on any atom is 0.415 e. The molecule has 0 bridgehead atoms. The third-order valence-corrected chi connectivity index (χ3v) is 31.6. The number of carbonyl (C=O) groups excluding carboxylic acids is 1. The highest BCUT2D eigenvalue weighted by atomic mass is 79.9. The topological polar surface area (TPSA) is 184 Å². The summed E-state index contributed by atoms with van der Waals surface area (Å²) >= 11 is 26.0. The van der Waals surface area contributed by atoms with Crippen LogP contribution in [0.1, 0.15) is 10.4 Å². The van der Waals surface area contributed by atoms with Crippen LogP contribution in [0, 0.1) is 0 Å². The average Bonchev–Trinajstić information content (AvgIpc) is 1.58. The number of anilines is 2. The van der Waals surface area contributed by atoms with Gasteiger partial charge in [-0.05, 0) is 196 Å². The third kappa shape index (κ3) is 19.2. The predicted molar refractivity (Wildman–Crippen MR) is 610 cm³/mol. The average molecular weight is 2170 g/mol. The van der Waals surface area contributed by atoms with Crippen LogP contribution in [0.15, 0.2) is 474 Å². The van der Waals surface area contributed by atoms with Crippen molar-refractivity contribution in [1.82, 2.24) is 38.1 Å². The molecule has 26 aromatic rings. The number of benzene rings is 19. The van der Waals surface area contributed by atoms with E-state index in [1.54, 1.807) is 12.1 Å². The smallest absolute Gasteiger partial charge is 0.397 e. The second kappa shape index (κ2) is 43.3. The number of nitrogens with zero attached hydrogens (tertiary/aromatic N) is 7. The number of aldehydes is 1. The van der Waals surface area contributed by atoms with Crippen molar-refractivity contribution >= 4 is 272 Å². The minimum Gasteiger partial charge on any atom is -0.397 e. The monoisotopic (exact) mass is 2160 g/mol. The molecular weight excluding hydrogens is 2080 g/mol. The fraction of sp³-hybridized carbons (Fsp3) is 0.00833. The fourth-order valence-corrected chi connectivity index (χ4v) is 23.9. The highest BCUT2D eigenvalue weighted by Crippen LogP contribution is 2.47. The summed E-state index contributed by atoms with van der Waals surface area (Å²) in [5, 5.41) is 16.4. The number of rotatable bonds is 9. The Balaban J connectivity index is 0.000000108. The Hall–Kier alpha value is -14.8. The molecule has 7 heterocycles. The number of para-hydroxylation sites is 9. The lowest BCUT2D eigenvalue weighted by atomic mass is 9.99. The molecule has 5 N–H and O–H groups in total. The molecule has 141 heavy (non-hydrogen) atoms. The van der Waals surface area contributed by atoms with Gasteiger partial charge in [-0.2, -0.15) is 0 Å². The van der Waals surface area contributed by atoms with Crippen LogP contribution in [0.2, 0.25) is 10.0 Å². The first-order valence-electron chi connectivity index (χ1n) is 45.2. The Kier molecular flexibility index (Phi) is 29.2. The normalized spacial score (nSPS) is 11.1. The predicted octanol–water partition coefficient (Wildman–Crippen LogP) is 32.0. The highest BCUT2D eigenvalue weighted by molar-refractivity contribution is 9.11. The molecule has 0 aliphatic carbocycles. The zero-order valence-corrected chi connectivity index (χ0v) is 85.3. The Morgan fingerprint density at radius 2 is 0.638 bits per heavy atom. The zero-order chi connectivity index (χ0) is 97.0. The zero-order valence-electron chi connectivity index (χ0n) is 75.6. The molecular formula is C120H85Br4Cl2N10O3P2+. The molecule has 684 valence electrons. The Morgan fingerprint density at radius 1 is 0.312 bits per heavy atom. The molecule has 0 fully saturated rings. The van der Waals surface area contributed by atoms with Crippen LogP contribution in [0.5, 0.6) is 0 Å². The van der Waals surface area contributed by atoms with Gasteiger partial charge >= 0.3 is 7.80 Å². The molecule has 0 radical (unpaired) electrons. The van der Waals surface area contributed by atoms with Gasteiger partial charge in [0, 0.05) is 93.9 Å². The number of hydrogen-bond donors (Lipinski definition) is 3. The first kappa shape index (κ1) is 95.1. The van der Waals surface area contributed by atoms with E-state index in [4.69, 9.17) is 54.6 Å². The molecule has 0 atom stereocenters. The summed E-state index contributed by atoms with van der Waals surface area (Å²) in [6.07, 6.45) is 0.846. The van der Waals surface area contributed by atoms with Crippen molar-refractivity contribution in [3.05, 3.63) is 490 Å². The summed E-state index contributed by atoms with van der Waals surface area (Å²) in [6.45, 7) is 0. The van der Waals surface area contributed by atoms with Crippen molar-refractivity contribution in [2.24, 2.45) is 0 Å². The molecule has 26 rings (SSSR count). The molecule has 0 spiro atoms. The maximum atomic E-state index is 15.3. The van der Waals surface area contributed by atoms with E-state index >= 15 is 4.57 Å². The van der Waals surface area contributed by atoms with Crippen molar-refractivity contribution in [2.45, 2.75) is 0 Å². The lowest BCUT2D eigenvalue weighted by Crippen LogP contribution is -2.26. The maximum absolute atomic E-state index is 15.3. The largest absolute Gasteiger partial charge is 0.415 e. The Bertz CT molecular complexity index is 8870. The minimum atomic E-state index is -3.19. The summed E-state index contributed by atoms with van der Waals surface area (Å²) in [5.41, 5.74) is 32.1. The van der Waals surface area contributed by atoms with E-state index in [1.165, 1.54) is 48.7 Å². The second-order valence-electron chi connectivity index (χ2n) is 32.7. The molecule has 0 saturated heterocycles. The number of alkyl halides is 1. The summed E-state index contributed by atoms with van der Waals surface area (Å²) in [5.74, 6) is 2.67. The van der Waals surface area contributed by atoms with Crippen molar-refractivity contribution in [3.63, 3.8) is 0 Å². The van der Waals surface area contributed by atoms with Gasteiger partial charge in [0.15, 0.2) is 24.0 Å². The van der Waals surface area contributed by atoms with Crippen molar-refractivity contribution in [1.29, 1.82) is 0 Å². The van der Waals surface area contributed by atoms with Gasteiger partial charge in [-0.1, -0.05) is 389 Å². The van der Waals surface area contributed by atoms with E-state index in [0.717, 1.165) is 162 Å². The minimum absolute atomic E-state index is 0.609. The van der Waals surface area contributed by atoms with Crippen LogP contribution in [0.25, 0.3) is 160 Å². The first-order valence-corrected chi connectivity index (χ1v) is 52.9. The van der Waals surface area contributed by atoms with E-state index in [9.17, 15) is 9.36 Å². The number of aromatic amines is 1. The SMILES string of the molecule is Brc1cccc2nc3c4ccccc4c4ccccc4n3c12.Brc1cccc2nc3c4ccccc4c4ccccc4n3c12.CBr.Clc1ccccc1-c1ccccc1-c1nc2ccccc2[nH]1.Nc1cccc(Br)c1N.O=Cc1ccccc1-c1ccccc1Cl.O=P(c1ccccc1)(c1ccccc1)c1cccc2nc3c4ccccc4c4ccccc4n3c12.O=[P+](c1ccccc1)c1ccccc1. The molecule has 0 amide bonds. The van der Waals surface area contributed by atoms with Crippen LogP contribution in [-0.2, 0) is 9.13 Å². The van der Waals surface area contributed by atoms with Crippen LogP contribution in [0.4, 0.5) is 11.4 Å². The lowest BCUT2D eigenvalue weighted by Gasteiger charge is -2.21. The number of nitrogens with one attached hydrogen (secondary N) is 1. The van der Waals surface area contributed by atoms with Gasteiger partial charge in [-0.15, -0.1) is 0 Å². The first-order chi connectivity index (χ1) is 69.2. The van der Waals surface area contributed by atoms with Gasteiger partial charge in [0.1, 0.15) is 22.8 Å². The van der Waals surface area contributed by atoms with Gasteiger partial charge in [0.2, 0.25) is 0 Å². The van der Waals surface area contributed by atoms with Crippen LogP contribution in [0.3, 0.4) is 0 Å². The van der Waals surface area contributed by atoms with Gasteiger partial charge in [0.25, 0.3) is 0 Å². The Morgan fingerprint density at radius 3 is 1.07 bits per heavy atom. The standard InChI is InChI=1S/C31H21N2OP.2C19H11BrN2.C19H13ClN2.C13H9ClO.C12H10OP.C6H7BrN2.CH3Br/c34-35(22-12-3-1-4-13-22,23-14-5-2-6-15-23)29-21-11-19-27-30(29)33-28-20-10-9-17-25(28)24-16-7-8-18-26(24)31(33)32-27;2*20-15-9-5-10-16-18(15)22-17-11-4-3-7-13(17)12-6-1-2-8-14(12)19(22)21-16;20-16-10-4-3-8-14(16)13-7-1-2-9-15(13)19-21-17-11-5-6-12-18(17)22-19;14-13-8-4-3-7-12(13)11-6-2-1-5-10(11)9-15;13-14(11-7-3-1-4-8-11)12-9-5-2-6-10-12;7-4-2-1-3-5(8)6(4)9;1-2/h1-21H;2*1-11H;1-12H,(H,21,22);1-9H;1-10H;1-3H,8-9H2;1H3/q;;;;;+1;;. The second-order valence-corrected chi connectivity index (χ2v) is 40.4. The fourth-order valence-electron chi connectivity index (χ4n) is 17.9. The van der Waals surface area contributed by atoms with Gasteiger partial charge in [-0.3, -0.25) is 18.0 Å². The van der Waals surface area contributed by atoms with Gasteiger partial charge in [0.05, 0.1) is 72.1 Å². The molecule has 0 aliphatic rings. The molecule has 19 aromatic carbocycles. The number of pyridine rings is 3. The number of hydrogen-bond acceptors (Lipinski definition) is 9. The van der Waals surface area contributed by atoms with E-state index in [-0.39, 0.29) is 0 Å². The molecule has 0 unspecified atom stereocenters. The summed E-state index contributed by atoms with van der Waals surface area (Å²) in [4.78, 5) is 33.8. The number of imidazole rings is 4. The van der Waals surface area contributed by atoms with Crippen molar-refractivity contribution < 1.29 is 13.9 Å². The number of halogens is 6. The molecule has 0 aliphatic heterocycles. The van der Waals surface area contributed by atoms with Crippen LogP contribution in [-0.4, -0.2) is 50.2 Å². The van der Waals surface area contributed by atoms with E-state index in [0.29, 0.717) is 22.0 Å². The number of nitrogens with two attached hydrogens (primary N) is 2. The van der Waals surface area contributed by atoms with E-state index in [1.807, 2.05) is 273 Å². The molecule has 13 nitrogen and oxygen atoms in total. The quantitative estimate of drug-likeness (QED) is 0.0416. The lowest BCUT2D eigenvalue weighted by molar-refractivity contribution is 0.112. The molecule has 7 aromatic heterocycles. The number of nitrogen functional groups attached to an aromatic ring is 2. The summed E-state index contributed by atoms with van der Waals surface area (Å²) in [7, 11) is -4.61. The van der Waals surface area contributed by atoms with Crippen molar-refractivity contribution in [2.75, 3.05) is 17.3 Å². The number of carbonyl (C=O) groups is 1. The highest BCUT2D eigenvalue weighted by Gasteiger charge is 2.34. The number of aromatic nitrogens is 8. The third-order valence-electron chi connectivity index (χ3n) is 24.4. The van der Waals surface area contributed by atoms with Crippen LogP contribution < -0.4 is 38.0 Å². The van der Waals surface area contributed by atoms with Gasteiger partial charge in [-0.25, -0.2) is 19.9 Å². The molecule has 0 saturated carbocycles. The van der Waals surface area contributed by atoms with Gasteiger partial charge < -0.3 is 21.0 Å². The number of fused-ring (bicyclic) bond motifs is 25. The van der Waals surface area contributed by atoms with E-state index < -0.39 is 14.9 Å². The van der Waals surface area contributed by atoms with Crippen molar-refractivity contribution in [3.8, 4) is 33.6 Å². The van der Waals surface area contributed by atoms with Crippen LogP contribution >= 0.6 is 102 Å². The molecule has 21 heteroatoms. The summed E-state index contributed by atoms with van der Waals surface area (Å²) < 4.78 is 37.0. The number of H-pyrrole nitrogens is 1. The Labute approximate surface area is 857 Å². The summed E-state index contributed by atoms with van der Waals surface area (Å²) in [6, 6.07) is 152. The van der Waals surface area contributed by atoms with E-state index in [2.05, 4.69) is 264 Å².